The fraction of sp³-hybridized carbons (Fsp3) is 0.619. The number of piperidine rings is 1. The normalized spacial score (nSPS) is 19.1. The van der Waals surface area contributed by atoms with Crippen LogP contribution in [0.3, 0.4) is 0 Å². The smallest absolute Gasteiger partial charge is 0.253 e. The lowest BCUT2D eigenvalue weighted by molar-refractivity contribution is -0.122. The molecule has 0 saturated carbocycles. The van der Waals surface area contributed by atoms with Gasteiger partial charge in [-0.3, -0.25) is 14.5 Å². The lowest BCUT2D eigenvalue weighted by atomic mass is 10.1. The molecule has 2 saturated heterocycles. The molecule has 0 unspecified atom stereocenters. The molecule has 2 amide bonds. The molecule has 6 nitrogen and oxygen atoms in total. The van der Waals surface area contributed by atoms with Crippen LogP contribution < -0.4 is 5.32 Å². The molecule has 6 heteroatoms. The van der Waals surface area contributed by atoms with E-state index in [1.54, 1.807) is 0 Å². The summed E-state index contributed by atoms with van der Waals surface area (Å²) in [5.41, 5.74) is 1.76. The van der Waals surface area contributed by atoms with Crippen molar-refractivity contribution in [3.63, 3.8) is 0 Å². The van der Waals surface area contributed by atoms with Gasteiger partial charge in [-0.15, -0.1) is 0 Å². The van der Waals surface area contributed by atoms with E-state index in [4.69, 9.17) is 0 Å². The highest BCUT2D eigenvalue weighted by Crippen LogP contribution is 2.14. The molecule has 2 aliphatic heterocycles. The third-order valence-corrected chi connectivity index (χ3v) is 5.61. The van der Waals surface area contributed by atoms with Crippen LogP contribution in [0.25, 0.3) is 0 Å². The molecular weight excluding hydrogens is 340 g/mol. The maximum absolute atomic E-state index is 12.5. The molecule has 2 heterocycles. The Labute approximate surface area is 162 Å². The van der Waals surface area contributed by atoms with Crippen LogP contribution in [0.15, 0.2) is 24.3 Å². The molecule has 0 aromatic heterocycles. The highest BCUT2D eigenvalue weighted by Gasteiger charge is 2.19. The number of benzene rings is 1. The number of carbonyl (C=O) groups is 2. The average molecular weight is 373 g/mol. The third kappa shape index (κ3) is 5.78. The summed E-state index contributed by atoms with van der Waals surface area (Å²) in [4.78, 5) is 31.2. The zero-order chi connectivity index (χ0) is 19.1. The number of nitrogens with one attached hydrogen (secondary N) is 1. The number of carbonyl (C=O) groups excluding carboxylic acids is 2. The Morgan fingerprint density at radius 2 is 1.52 bits per heavy atom. The Morgan fingerprint density at radius 3 is 2.15 bits per heavy atom. The van der Waals surface area contributed by atoms with E-state index < -0.39 is 0 Å². The summed E-state index contributed by atoms with van der Waals surface area (Å²) in [5.74, 6) is 0.185. The summed E-state index contributed by atoms with van der Waals surface area (Å²) in [7, 11) is 0. The molecule has 0 aliphatic carbocycles. The van der Waals surface area contributed by atoms with E-state index in [0.29, 0.717) is 13.1 Å². The fourth-order valence-corrected chi connectivity index (χ4v) is 3.77. The van der Waals surface area contributed by atoms with Crippen molar-refractivity contribution < 1.29 is 9.59 Å². The van der Waals surface area contributed by atoms with Crippen molar-refractivity contribution in [1.82, 2.24) is 20.0 Å². The standard InChI is InChI=1S/C21H32N4O2/c1-2-23-12-14-24(15-13-23)17-20(26)22-16-18-6-8-19(9-7-18)21(27)25-10-4-3-5-11-25/h6-9H,2-5,10-17H2,1H3,(H,22,26). The number of hydrogen-bond donors (Lipinski definition) is 1. The van der Waals surface area contributed by atoms with Gasteiger partial charge in [-0.05, 0) is 43.5 Å². The minimum atomic E-state index is 0.0634. The molecule has 1 aromatic rings. The van der Waals surface area contributed by atoms with Gasteiger partial charge in [0.25, 0.3) is 5.91 Å². The van der Waals surface area contributed by atoms with E-state index in [1.165, 1.54) is 6.42 Å². The van der Waals surface area contributed by atoms with Crippen LogP contribution in [0.2, 0.25) is 0 Å². The van der Waals surface area contributed by atoms with E-state index in [-0.39, 0.29) is 11.8 Å². The molecule has 2 fully saturated rings. The quantitative estimate of drug-likeness (QED) is 0.824. The predicted molar refractivity (Wildman–Crippen MR) is 107 cm³/mol. The first kappa shape index (κ1) is 19.8. The van der Waals surface area contributed by atoms with Gasteiger partial charge in [0.2, 0.25) is 5.91 Å². The van der Waals surface area contributed by atoms with E-state index in [0.717, 1.165) is 69.8 Å². The monoisotopic (exact) mass is 372 g/mol. The van der Waals surface area contributed by atoms with Crippen molar-refractivity contribution >= 4 is 11.8 Å². The van der Waals surface area contributed by atoms with Gasteiger partial charge in [-0.25, -0.2) is 0 Å². The molecule has 0 atom stereocenters. The van der Waals surface area contributed by atoms with Crippen LogP contribution in [0.1, 0.15) is 42.1 Å². The van der Waals surface area contributed by atoms with Crippen LogP contribution in [-0.2, 0) is 11.3 Å². The van der Waals surface area contributed by atoms with Gasteiger partial charge in [0.15, 0.2) is 0 Å². The van der Waals surface area contributed by atoms with Gasteiger partial charge >= 0.3 is 0 Å². The molecule has 0 bridgehead atoms. The fourth-order valence-electron chi connectivity index (χ4n) is 3.77. The highest BCUT2D eigenvalue weighted by molar-refractivity contribution is 5.94. The second-order valence-corrected chi connectivity index (χ2v) is 7.54. The van der Waals surface area contributed by atoms with Crippen LogP contribution in [0.4, 0.5) is 0 Å². The molecule has 1 N–H and O–H groups in total. The minimum absolute atomic E-state index is 0.0634. The largest absolute Gasteiger partial charge is 0.351 e. The average Bonchev–Trinajstić information content (AvgIpc) is 2.73. The molecule has 27 heavy (non-hydrogen) atoms. The summed E-state index contributed by atoms with van der Waals surface area (Å²) in [6.07, 6.45) is 3.42. The zero-order valence-corrected chi connectivity index (χ0v) is 16.5. The maximum Gasteiger partial charge on any atom is 0.253 e. The van der Waals surface area contributed by atoms with E-state index in [2.05, 4.69) is 22.0 Å². The molecule has 1 aromatic carbocycles. The second kappa shape index (κ2) is 9.85. The number of piperazine rings is 1. The first-order valence-electron chi connectivity index (χ1n) is 10.3. The zero-order valence-electron chi connectivity index (χ0n) is 16.5. The van der Waals surface area contributed by atoms with Gasteiger partial charge < -0.3 is 15.1 Å². The number of likely N-dealkylation sites (tertiary alicyclic amines) is 1. The molecular formula is C21H32N4O2. The summed E-state index contributed by atoms with van der Waals surface area (Å²) in [6.45, 7) is 9.93. The number of hydrogen-bond acceptors (Lipinski definition) is 4. The van der Waals surface area contributed by atoms with Crippen LogP contribution >= 0.6 is 0 Å². The van der Waals surface area contributed by atoms with E-state index in [9.17, 15) is 9.59 Å². The van der Waals surface area contributed by atoms with Crippen molar-refractivity contribution in [3.05, 3.63) is 35.4 Å². The molecule has 0 spiro atoms. The van der Waals surface area contributed by atoms with E-state index in [1.807, 2.05) is 29.2 Å². The summed E-state index contributed by atoms with van der Waals surface area (Å²) in [6, 6.07) is 7.64. The number of amides is 2. The topological polar surface area (TPSA) is 55.9 Å². The lowest BCUT2D eigenvalue weighted by Gasteiger charge is -2.33. The van der Waals surface area contributed by atoms with Crippen LogP contribution in [-0.4, -0.2) is 78.9 Å². The highest BCUT2D eigenvalue weighted by atomic mass is 16.2. The molecule has 3 rings (SSSR count). The predicted octanol–water partition coefficient (Wildman–Crippen LogP) is 1.57. The number of nitrogens with zero attached hydrogens (tertiary/aromatic N) is 3. The first-order valence-corrected chi connectivity index (χ1v) is 10.3. The Hall–Kier alpha value is -1.92. The van der Waals surface area contributed by atoms with Crippen molar-refractivity contribution in [3.8, 4) is 0 Å². The number of likely N-dealkylation sites (N-methyl/N-ethyl adjacent to an activating group) is 1. The molecule has 2 aliphatic rings. The van der Waals surface area contributed by atoms with Crippen molar-refractivity contribution in [2.75, 3.05) is 52.4 Å². The van der Waals surface area contributed by atoms with Crippen LogP contribution in [0.5, 0.6) is 0 Å². The minimum Gasteiger partial charge on any atom is -0.351 e. The SMILES string of the molecule is CCN1CCN(CC(=O)NCc2ccc(C(=O)N3CCCCC3)cc2)CC1. The molecule has 148 valence electrons. The van der Waals surface area contributed by atoms with Crippen molar-refractivity contribution in [1.29, 1.82) is 0 Å². The van der Waals surface area contributed by atoms with Crippen molar-refractivity contribution in [2.24, 2.45) is 0 Å². The van der Waals surface area contributed by atoms with E-state index >= 15 is 0 Å². The lowest BCUT2D eigenvalue weighted by Crippen LogP contribution is -2.49. The number of rotatable bonds is 6. The van der Waals surface area contributed by atoms with Crippen molar-refractivity contribution in [2.45, 2.75) is 32.7 Å². The van der Waals surface area contributed by atoms with Crippen LogP contribution in [0, 0.1) is 0 Å². The Kier molecular flexibility index (Phi) is 7.24. The third-order valence-electron chi connectivity index (χ3n) is 5.61. The Bertz CT molecular complexity index is 618. The second-order valence-electron chi connectivity index (χ2n) is 7.54. The Morgan fingerprint density at radius 1 is 0.889 bits per heavy atom. The molecule has 0 radical (unpaired) electrons. The first-order chi connectivity index (χ1) is 13.2. The maximum atomic E-state index is 12.5. The van der Waals surface area contributed by atoms with Gasteiger partial charge in [0.1, 0.15) is 0 Å². The van der Waals surface area contributed by atoms with Gasteiger partial charge in [-0.1, -0.05) is 19.1 Å². The Balaban J connectivity index is 1.41. The summed E-state index contributed by atoms with van der Waals surface area (Å²) >= 11 is 0. The van der Waals surface area contributed by atoms with Gasteiger partial charge in [0, 0.05) is 51.4 Å². The van der Waals surface area contributed by atoms with Gasteiger partial charge in [-0.2, -0.15) is 0 Å². The van der Waals surface area contributed by atoms with Gasteiger partial charge in [0.05, 0.1) is 6.54 Å². The summed E-state index contributed by atoms with van der Waals surface area (Å²) < 4.78 is 0. The summed E-state index contributed by atoms with van der Waals surface area (Å²) in [5, 5.41) is 2.99.